The minimum Gasteiger partial charge on any atom is -0.390 e. The predicted octanol–water partition coefficient (Wildman–Crippen LogP) is 5.54. The number of aliphatic hydroxyl groups excluding tert-OH is 1. The molecule has 0 aliphatic rings. The largest absolute Gasteiger partial charge is 0.390 e. The fourth-order valence-corrected chi connectivity index (χ4v) is 5.79. The summed E-state index contributed by atoms with van der Waals surface area (Å²) in [6, 6.07) is 27.4. The van der Waals surface area contributed by atoms with Crippen molar-refractivity contribution in [1.82, 2.24) is 16.0 Å². The van der Waals surface area contributed by atoms with Gasteiger partial charge in [0.1, 0.15) is 0 Å². The summed E-state index contributed by atoms with van der Waals surface area (Å²) in [5.74, 6) is -4.37. The Morgan fingerprint density at radius 3 is 2.02 bits per heavy atom. The number of nitrogens with one attached hydrogen (secondary N) is 4. The van der Waals surface area contributed by atoms with E-state index in [4.69, 9.17) is 0 Å². The maximum Gasteiger partial charge on any atom is 0.270 e. The maximum atomic E-state index is 13.8. The van der Waals surface area contributed by atoms with Crippen molar-refractivity contribution in [3.8, 4) is 0 Å². The monoisotopic (exact) mass is 692 g/mol. The highest BCUT2D eigenvalue weighted by Gasteiger charge is 2.26. The van der Waals surface area contributed by atoms with E-state index >= 15 is 0 Å². The summed E-state index contributed by atoms with van der Waals surface area (Å²) in [5.41, 5.74) is 2.29. The highest BCUT2D eigenvalue weighted by Crippen LogP contribution is 2.27. The van der Waals surface area contributed by atoms with Gasteiger partial charge in [-0.2, -0.15) is 0 Å². The molecule has 0 radical (unpaired) electrons. The van der Waals surface area contributed by atoms with Gasteiger partial charge >= 0.3 is 0 Å². The molecule has 4 aromatic carbocycles. The van der Waals surface area contributed by atoms with Gasteiger partial charge in [0.15, 0.2) is 0 Å². The van der Waals surface area contributed by atoms with Crippen LogP contribution in [0.25, 0.3) is 0 Å². The van der Waals surface area contributed by atoms with E-state index in [9.17, 15) is 31.9 Å². The summed E-state index contributed by atoms with van der Waals surface area (Å²) >= 11 is 0. The number of sulfonamides is 1. The van der Waals surface area contributed by atoms with Gasteiger partial charge in [-0.1, -0.05) is 78.9 Å². The minimum absolute atomic E-state index is 0.00402. The molecule has 0 bridgehead atoms. The Hall–Kier alpha value is -4.65. The first-order valence-corrected chi connectivity index (χ1v) is 17.6. The van der Waals surface area contributed by atoms with Crippen molar-refractivity contribution in [3.05, 3.63) is 137 Å². The zero-order valence-electron chi connectivity index (χ0n) is 27.6. The number of benzene rings is 4. The summed E-state index contributed by atoms with van der Waals surface area (Å²) in [5, 5.41) is 20.1. The van der Waals surface area contributed by atoms with Crippen LogP contribution in [0.5, 0.6) is 0 Å². The maximum absolute atomic E-state index is 13.8. The Balaban J connectivity index is 1.56. The molecule has 3 atom stereocenters. The van der Waals surface area contributed by atoms with Crippen LogP contribution >= 0.6 is 0 Å². The normalized spacial score (nSPS) is 13.6. The molecule has 0 heterocycles. The Morgan fingerprint density at radius 1 is 0.816 bits per heavy atom. The van der Waals surface area contributed by atoms with Crippen molar-refractivity contribution in [3.63, 3.8) is 0 Å². The molecule has 0 spiro atoms. The van der Waals surface area contributed by atoms with Crippen molar-refractivity contribution >= 4 is 27.5 Å². The molecule has 0 aliphatic heterocycles. The van der Waals surface area contributed by atoms with Gasteiger partial charge in [-0.15, -0.1) is 0 Å². The molecule has 0 aliphatic carbocycles. The first-order chi connectivity index (χ1) is 23.2. The Morgan fingerprint density at radius 2 is 1.41 bits per heavy atom. The number of carbonyl (C=O) groups excluding carboxylic acids is 2. The van der Waals surface area contributed by atoms with Gasteiger partial charge < -0.3 is 21.1 Å². The van der Waals surface area contributed by atoms with Crippen molar-refractivity contribution < 1.29 is 31.9 Å². The number of anilines is 1. The average molecular weight is 693 g/mol. The number of amides is 2. The van der Waals surface area contributed by atoms with Crippen LogP contribution < -0.4 is 20.7 Å². The van der Waals surface area contributed by atoms with E-state index in [1.165, 1.54) is 37.3 Å². The van der Waals surface area contributed by atoms with Crippen molar-refractivity contribution in [2.75, 3.05) is 17.0 Å². The smallest absolute Gasteiger partial charge is 0.270 e. The van der Waals surface area contributed by atoms with E-state index < -0.39 is 39.9 Å². The zero-order chi connectivity index (χ0) is 35.6. The van der Waals surface area contributed by atoms with Crippen molar-refractivity contribution in [1.29, 1.82) is 0 Å². The van der Waals surface area contributed by atoms with Gasteiger partial charge in [-0.05, 0) is 61.2 Å². The first kappa shape index (κ1) is 37.2. The Kier molecular flexibility index (Phi) is 12.6. The molecule has 260 valence electrons. The molecular weight excluding hydrogens is 650 g/mol. The molecular formula is C37H42F2N4O5S. The number of aliphatic hydroxyl groups is 1. The van der Waals surface area contributed by atoms with Crippen molar-refractivity contribution in [2.45, 2.75) is 57.8 Å². The van der Waals surface area contributed by atoms with Gasteiger partial charge in [0, 0.05) is 36.7 Å². The molecule has 2 amide bonds. The zero-order valence-corrected chi connectivity index (χ0v) is 28.4. The summed E-state index contributed by atoms with van der Waals surface area (Å²) in [7, 11) is -3.75. The second-order valence-electron chi connectivity index (χ2n) is 12.0. The molecule has 4 rings (SSSR count). The molecule has 0 saturated heterocycles. The highest BCUT2D eigenvalue weighted by atomic mass is 32.2. The molecule has 4 aromatic rings. The molecule has 0 aromatic heterocycles. The van der Waals surface area contributed by atoms with Gasteiger partial charge in [0.25, 0.3) is 17.7 Å². The fraction of sp³-hybridized carbons (Fsp3) is 0.297. The van der Waals surface area contributed by atoms with E-state index in [1.54, 1.807) is 12.1 Å². The standard InChI is InChI=1S/C37H42F2N4O5S/c1-4-49(47,48)43-32-21-29(35(45)41-25(2)28-15-9-6-10-16-28)20-30(22-32)36(46)42-33(19-26-12-7-5-8-13-26)34(44)24-40-23-27-14-11-17-31(18-27)37(3,38)39/h5-18,20-22,25,33-34,40,43-44H,4,19,23-24H2,1-3H3,(H,41,45)(H,42,46)/t25-,33+,34-/m1/s1. The first-order valence-electron chi connectivity index (χ1n) is 16.0. The average Bonchev–Trinajstić information content (AvgIpc) is 3.08. The van der Waals surface area contributed by atoms with Crippen LogP contribution in [0.4, 0.5) is 14.5 Å². The van der Waals surface area contributed by atoms with Gasteiger partial charge in [0.2, 0.25) is 10.0 Å². The number of carbonyl (C=O) groups is 2. The molecule has 9 nitrogen and oxygen atoms in total. The molecule has 0 unspecified atom stereocenters. The Labute approximate surface area is 286 Å². The van der Waals surface area contributed by atoms with E-state index in [-0.39, 0.29) is 53.7 Å². The third kappa shape index (κ3) is 11.2. The molecule has 49 heavy (non-hydrogen) atoms. The predicted molar refractivity (Wildman–Crippen MR) is 187 cm³/mol. The molecule has 5 N–H and O–H groups in total. The van der Waals surface area contributed by atoms with Crippen LogP contribution in [0.1, 0.15) is 69.8 Å². The second-order valence-corrected chi connectivity index (χ2v) is 14.0. The topological polar surface area (TPSA) is 137 Å². The fourth-order valence-electron chi connectivity index (χ4n) is 5.17. The van der Waals surface area contributed by atoms with Crippen LogP contribution in [0.2, 0.25) is 0 Å². The van der Waals surface area contributed by atoms with Gasteiger partial charge in [-0.25, -0.2) is 17.2 Å². The van der Waals surface area contributed by atoms with Crippen molar-refractivity contribution in [2.24, 2.45) is 0 Å². The lowest BCUT2D eigenvalue weighted by molar-refractivity contribution is 0.0173. The summed E-state index contributed by atoms with van der Waals surface area (Å²) in [4.78, 5) is 27.1. The van der Waals surface area contributed by atoms with Crippen LogP contribution in [0.3, 0.4) is 0 Å². The SMILES string of the molecule is CCS(=O)(=O)Nc1cc(C(=O)N[C@@H](Cc2ccccc2)[C@H](O)CNCc2cccc(C(C)(F)F)c2)cc(C(=O)N[C@H](C)c2ccccc2)c1. The lowest BCUT2D eigenvalue weighted by Gasteiger charge is -2.25. The number of alkyl halides is 2. The molecule has 12 heteroatoms. The van der Waals surface area contributed by atoms with Gasteiger partial charge in [-0.3, -0.25) is 14.3 Å². The van der Waals surface area contributed by atoms with Crippen LogP contribution in [0, 0.1) is 0 Å². The van der Waals surface area contributed by atoms with Crippen LogP contribution in [-0.4, -0.2) is 49.8 Å². The van der Waals surface area contributed by atoms with Crippen LogP contribution in [-0.2, 0) is 28.9 Å². The van der Waals surface area contributed by atoms with Gasteiger partial charge in [0.05, 0.1) is 29.6 Å². The quantitative estimate of drug-likeness (QED) is 0.105. The summed E-state index contributed by atoms with van der Waals surface area (Å²) < 4.78 is 55.0. The number of halogens is 2. The molecule has 0 fully saturated rings. The number of rotatable bonds is 16. The third-order valence-electron chi connectivity index (χ3n) is 7.95. The Bertz CT molecular complexity index is 1820. The lowest BCUT2D eigenvalue weighted by Crippen LogP contribution is -2.48. The third-order valence-corrected chi connectivity index (χ3v) is 9.26. The van der Waals surface area contributed by atoms with Crippen LogP contribution in [0.15, 0.2) is 103 Å². The molecule has 0 saturated carbocycles. The van der Waals surface area contributed by atoms with E-state index in [0.29, 0.717) is 5.56 Å². The number of hydrogen-bond donors (Lipinski definition) is 5. The second kappa shape index (κ2) is 16.6. The summed E-state index contributed by atoms with van der Waals surface area (Å²) in [6.07, 6.45) is -0.868. The number of hydrogen-bond acceptors (Lipinski definition) is 6. The van der Waals surface area contributed by atoms with E-state index in [1.807, 2.05) is 67.6 Å². The highest BCUT2D eigenvalue weighted by molar-refractivity contribution is 7.92. The minimum atomic E-state index is -3.75. The van der Waals surface area contributed by atoms with E-state index in [0.717, 1.165) is 18.1 Å². The van der Waals surface area contributed by atoms with E-state index in [2.05, 4.69) is 20.7 Å². The lowest BCUT2D eigenvalue weighted by atomic mass is 9.99. The summed E-state index contributed by atoms with van der Waals surface area (Å²) in [6.45, 7) is 4.32.